The summed E-state index contributed by atoms with van der Waals surface area (Å²) in [4.78, 5) is 27.0. The first-order chi connectivity index (χ1) is 11.6. The Morgan fingerprint density at radius 3 is 2.46 bits per heavy atom. The predicted octanol–water partition coefficient (Wildman–Crippen LogP) is 1.28. The van der Waals surface area contributed by atoms with E-state index in [0.717, 1.165) is 12.8 Å². The first-order valence-electron chi connectivity index (χ1n) is 8.90. The lowest BCUT2D eigenvalue weighted by molar-refractivity contribution is -0.147. The monoisotopic (exact) mass is 328 g/mol. The second-order valence-electron chi connectivity index (χ2n) is 7.48. The Balaban J connectivity index is 1.48. The number of hydrogen-bond donors (Lipinski definition) is 2. The normalized spacial score (nSPS) is 31.6. The Kier molecular flexibility index (Phi) is 3.83. The van der Waals surface area contributed by atoms with Crippen LogP contribution in [0.2, 0.25) is 0 Å². The highest BCUT2D eigenvalue weighted by Crippen LogP contribution is 2.48. The third-order valence-corrected chi connectivity index (χ3v) is 6.22. The molecule has 1 aromatic rings. The first kappa shape index (κ1) is 15.6. The molecule has 128 valence electrons. The molecule has 3 fully saturated rings. The number of aliphatic hydroxyl groups is 1. The van der Waals surface area contributed by atoms with Gasteiger partial charge in [0.25, 0.3) is 0 Å². The third kappa shape index (κ3) is 2.42. The summed E-state index contributed by atoms with van der Waals surface area (Å²) in [5.41, 5.74) is 0.829. The minimum absolute atomic E-state index is 0.0172. The molecule has 4 rings (SSSR count). The van der Waals surface area contributed by atoms with Gasteiger partial charge in [0.05, 0.1) is 11.5 Å². The van der Waals surface area contributed by atoms with Crippen LogP contribution in [0, 0.1) is 11.3 Å². The zero-order chi connectivity index (χ0) is 16.7. The van der Waals surface area contributed by atoms with Crippen molar-refractivity contribution in [2.45, 2.75) is 37.7 Å². The molecule has 3 aliphatic rings. The van der Waals surface area contributed by atoms with E-state index in [2.05, 4.69) is 17.4 Å². The van der Waals surface area contributed by atoms with Crippen LogP contribution in [0.1, 0.15) is 37.2 Å². The number of amides is 2. The van der Waals surface area contributed by atoms with Gasteiger partial charge in [0.1, 0.15) is 0 Å². The van der Waals surface area contributed by atoms with Gasteiger partial charge in [0, 0.05) is 31.5 Å². The number of rotatable bonds is 2. The van der Waals surface area contributed by atoms with Crippen LogP contribution in [0.5, 0.6) is 0 Å². The second kappa shape index (κ2) is 5.88. The first-order valence-corrected chi connectivity index (χ1v) is 8.90. The average molecular weight is 328 g/mol. The quantitative estimate of drug-likeness (QED) is 0.859. The van der Waals surface area contributed by atoms with Crippen molar-refractivity contribution in [2.75, 3.05) is 19.6 Å². The van der Waals surface area contributed by atoms with E-state index >= 15 is 0 Å². The molecular formula is C19H24N2O3. The molecule has 2 aliphatic heterocycles. The highest BCUT2D eigenvalue weighted by atomic mass is 16.3. The average Bonchev–Trinajstić information content (AvgIpc) is 2.89. The zero-order valence-electron chi connectivity index (χ0n) is 13.8. The fourth-order valence-electron chi connectivity index (χ4n) is 4.60. The van der Waals surface area contributed by atoms with Gasteiger partial charge < -0.3 is 15.3 Å². The fraction of sp³-hybridized carbons (Fsp3) is 0.579. The van der Waals surface area contributed by atoms with E-state index in [0.29, 0.717) is 32.5 Å². The minimum atomic E-state index is -0.378. The Morgan fingerprint density at radius 1 is 1.17 bits per heavy atom. The molecular weight excluding hydrogens is 304 g/mol. The van der Waals surface area contributed by atoms with Crippen LogP contribution in [0.25, 0.3) is 0 Å². The topological polar surface area (TPSA) is 69.6 Å². The summed E-state index contributed by atoms with van der Waals surface area (Å²) in [6.07, 6.45) is 2.32. The molecule has 0 radical (unpaired) electrons. The van der Waals surface area contributed by atoms with E-state index in [1.807, 2.05) is 23.1 Å². The second-order valence-corrected chi connectivity index (χ2v) is 7.48. The molecule has 0 bridgehead atoms. The Hall–Kier alpha value is -1.88. The number of likely N-dealkylation sites (tertiary alicyclic amines) is 1. The number of carbonyl (C=O) groups is 2. The van der Waals surface area contributed by atoms with Gasteiger partial charge in [-0.1, -0.05) is 30.3 Å². The summed E-state index contributed by atoms with van der Waals surface area (Å²) in [6, 6.07) is 10.2. The van der Waals surface area contributed by atoms with Crippen molar-refractivity contribution in [3.8, 4) is 0 Å². The molecule has 0 aromatic heterocycles. The van der Waals surface area contributed by atoms with E-state index in [-0.39, 0.29) is 35.2 Å². The van der Waals surface area contributed by atoms with Crippen LogP contribution in [-0.4, -0.2) is 47.6 Å². The van der Waals surface area contributed by atoms with Gasteiger partial charge in [0.15, 0.2) is 0 Å². The number of nitrogens with zero attached hydrogens (tertiary/aromatic N) is 1. The fourth-order valence-corrected chi connectivity index (χ4v) is 4.60. The standard InChI is InChI=1S/C19H24N2O3/c22-15-10-14(11-15)17(23)21-8-6-19(7-9-21)16(12-20-18(19)24)13-4-2-1-3-5-13/h1-5,14-16,22H,6-12H2,(H,20,24). The van der Waals surface area contributed by atoms with Crippen LogP contribution >= 0.6 is 0 Å². The van der Waals surface area contributed by atoms with E-state index in [4.69, 9.17) is 0 Å². The maximum Gasteiger partial charge on any atom is 0.227 e. The van der Waals surface area contributed by atoms with Gasteiger partial charge in [-0.2, -0.15) is 0 Å². The number of benzene rings is 1. The summed E-state index contributed by atoms with van der Waals surface area (Å²) >= 11 is 0. The van der Waals surface area contributed by atoms with Crippen molar-refractivity contribution in [2.24, 2.45) is 11.3 Å². The van der Waals surface area contributed by atoms with Crippen LogP contribution in [-0.2, 0) is 9.59 Å². The van der Waals surface area contributed by atoms with Crippen LogP contribution in [0.15, 0.2) is 30.3 Å². The highest BCUT2D eigenvalue weighted by molar-refractivity contribution is 5.87. The van der Waals surface area contributed by atoms with E-state index in [9.17, 15) is 14.7 Å². The summed E-state index contributed by atoms with van der Waals surface area (Å²) in [5.74, 6) is 0.470. The smallest absolute Gasteiger partial charge is 0.227 e. The molecule has 5 heteroatoms. The summed E-state index contributed by atoms with van der Waals surface area (Å²) < 4.78 is 0. The molecule has 2 heterocycles. The van der Waals surface area contributed by atoms with E-state index in [1.165, 1.54) is 5.56 Å². The molecule has 1 aromatic carbocycles. The molecule has 2 amide bonds. The van der Waals surface area contributed by atoms with Gasteiger partial charge in [-0.05, 0) is 31.2 Å². The molecule has 5 nitrogen and oxygen atoms in total. The summed E-state index contributed by atoms with van der Waals surface area (Å²) in [5, 5.41) is 12.5. The lowest BCUT2D eigenvalue weighted by Crippen LogP contribution is -2.51. The van der Waals surface area contributed by atoms with Gasteiger partial charge in [-0.15, -0.1) is 0 Å². The molecule has 1 spiro atoms. The molecule has 1 saturated carbocycles. The number of carbonyl (C=O) groups excluding carboxylic acids is 2. The number of nitrogens with one attached hydrogen (secondary N) is 1. The van der Waals surface area contributed by atoms with Gasteiger partial charge in [0.2, 0.25) is 11.8 Å². The van der Waals surface area contributed by atoms with E-state index < -0.39 is 0 Å². The maximum absolute atomic E-state index is 12.6. The molecule has 1 atom stereocenters. The molecule has 1 unspecified atom stereocenters. The number of hydrogen-bond acceptors (Lipinski definition) is 3. The van der Waals surface area contributed by atoms with E-state index in [1.54, 1.807) is 0 Å². The van der Waals surface area contributed by atoms with Crippen molar-refractivity contribution >= 4 is 11.8 Å². The number of piperidine rings is 1. The van der Waals surface area contributed by atoms with Crippen molar-refractivity contribution in [1.29, 1.82) is 0 Å². The summed E-state index contributed by atoms with van der Waals surface area (Å²) in [6.45, 7) is 1.97. The van der Waals surface area contributed by atoms with Gasteiger partial charge in [-0.25, -0.2) is 0 Å². The van der Waals surface area contributed by atoms with Crippen molar-refractivity contribution in [1.82, 2.24) is 10.2 Å². The molecule has 24 heavy (non-hydrogen) atoms. The van der Waals surface area contributed by atoms with Crippen molar-refractivity contribution in [3.63, 3.8) is 0 Å². The van der Waals surface area contributed by atoms with Crippen molar-refractivity contribution in [3.05, 3.63) is 35.9 Å². The van der Waals surface area contributed by atoms with Crippen LogP contribution in [0.3, 0.4) is 0 Å². The van der Waals surface area contributed by atoms with Gasteiger partial charge in [-0.3, -0.25) is 9.59 Å². The third-order valence-electron chi connectivity index (χ3n) is 6.22. The molecule has 2 saturated heterocycles. The maximum atomic E-state index is 12.6. The number of aliphatic hydroxyl groups excluding tert-OH is 1. The predicted molar refractivity (Wildman–Crippen MR) is 89.2 cm³/mol. The van der Waals surface area contributed by atoms with Crippen LogP contribution < -0.4 is 5.32 Å². The Bertz CT molecular complexity index is 631. The lowest BCUT2D eigenvalue weighted by Gasteiger charge is -2.43. The Labute approximate surface area is 142 Å². The van der Waals surface area contributed by atoms with Crippen LogP contribution in [0.4, 0.5) is 0 Å². The SMILES string of the molecule is O=C(C1CC(O)C1)N1CCC2(CC1)C(=O)NCC2c1ccccc1. The zero-order valence-corrected chi connectivity index (χ0v) is 13.8. The minimum Gasteiger partial charge on any atom is -0.393 e. The lowest BCUT2D eigenvalue weighted by atomic mass is 9.67. The highest BCUT2D eigenvalue weighted by Gasteiger charge is 2.52. The largest absolute Gasteiger partial charge is 0.393 e. The summed E-state index contributed by atoms with van der Waals surface area (Å²) in [7, 11) is 0. The molecule has 2 N–H and O–H groups in total. The van der Waals surface area contributed by atoms with Crippen molar-refractivity contribution < 1.29 is 14.7 Å². The Morgan fingerprint density at radius 2 is 1.83 bits per heavy atom. The van der Waals surface area contributed by atoms with Gasteiger partial charge >= 0.3 is 0 Å². The molecule has 1 aliphatic carbocycles.